The molecule has 1 aromatic rings. The number of hydrogen-bond acceptors (Lipinski definition) is 3. The predicted octanol–water partition coefficient (Wildman–Crippen LogP) is 5.44. The van der Waals surface area contributed by atoms with E-state index in [1.165, 1.54) is 51.4 Å². The number of ether oxygens (including phenoxy) is 1. The lowest BCUT2D eigenvalue weighted by Gasteiger charge is -2.36. The Hall–Kier alpha value is -1.35. The first-order valence-electron chi connectivity index (χ1n) is 10.6. The van der Waals surface area contributed by atoms with Crippen LogP contribution in [0.15, 0.2) is 30.3 Å². The van der Waals surface area contributed by atoms with Gasteiger partial charge in [0, 0.05) is 6.42 Å². The quantitative estimate of drug-likeness (QED) is 0.355. The van der Waals surface area contributed by atoms with Gasteiger partial charge in [0.2, 0.25) is 0 Å². The number of aliphatic hydroxyl groups excluding tert-OH is 1. The van der Waals surface area contributed by atoms with Crippen molar-refractivity contribution in [2.45, 2.75) is 96.2 Å². The fraction of sp³-hybridized carbons (Fsp3) is 0.696. The highest BCUT2D eigenvalue weighted by atomic mass is 16.6. The van der Waals surface area contributed by atoms with Crippen molar-refractivity contribution in [1.29, 1.82) is 0 Å². The van der Waals surface area contributed by atoms with Gasteiger partial charge in [-0.15, -0.1) is 0 Å². The van der Waals surface area contributed by atoms with Crippen LogP contribution in [0.1, 0.15) is 83.1 Å². The summed E-state index contributed by atoms with van der Waals surface area (Å²) < 4.78 is 5.29. The average molecular weight is 361 g/mol. The SMILES string of the molecule is CCCCCCCCCCCC(O)CC1OC(=O)C1Cc1ccccc1. The van der Waals surface area contributed by atoms with Gasteiger partial charge in [-0.1, -0.05) is 95.0 Å². The van der Waals surface area contributed by atoms with Crippen molar-refractivity contribution in [1.82, 2.24) is 0 Å². The fourth-order valence-corrected chi connectivity index (χ4v) is 3.77. The summed E-state index contributed by atoms with van der Waals surface area (Å²) in [6, 6.07) is 10.1. The molecule has 26 heavy (non-hydrogen) atoms. The van der Waals surface area contributed by atoms with E-state index in [1.54, 1.807) is 0 Å². The third kappa shape index (κ3) is 7.49. The Kier molecular flexibility index (Phi) is 9.76. The molecule has 2 rings (SSSR count). The first-order chi connectivity index (χ1) is 12.7. The summed E-state index contributed by atoms with van der Waals surface area (Å²) in [5, 5.41) is 10.3. The molecule has 3 heteroatoms. The fourth-order valence-electron chi connectivity index (χ4n) is 3.77. The van der Waals surface area contributed by atoms with E-state index in [0.29, 0.717) is 6.42 Å². The molecule has 1 aromatic carbocycles. The van der Waals surface area contributed by atoms with Crippen LogP contribution in [-0.2, 0) is 16.0 Å². The molecule has 1 saturated heterocycles. The van der Waals surface area contributed by atoms with Crippen LogP contribution in [-0.4, -0.2) is 23.3 Å². The van der Waals surface area contributed by atoms with Gasteiger partial charge in [0.25, 0.3) is 0 Å². The Morgan fingerprint density at radius 1 is 0.962 bits per heavy atom. The monoisotopic (exact) mass is 360 g/mol. The van der Waals surface area contributed by atoms with E-state index < -0.39 is 0 Å². The van der Waals surface area contributed by atoms with Crippen molar-refractivity contribution >= 4 is 5.97 Å². The summed E-state index contributed by atoms with van der Waals surface area (Å²) in [7, 11) is 0. The van der Waals surface area contributed by atoms with Crippen molar-refractivity contribution in [3.63, 3.8) is 0 Å². The van der Waals surface area contributed by atoms with Crippen LogP contribution >= 0.6 is 0 Å². The molecule has 1 aliphatic heterocycles. The number of hydrogen-bond donors (Lipinski definition) is 1. The molecular weight excluding hydrogens is 324 g/mol. The molecule has 1 heterocycles. The van der Waals surface area contributed by atoms with Crippen LogP contribution < -0.4 is 0 Å². The maximum Gasteiger partial charge on any atom is 0.313 e. The average Bonchev–Trinajstić information content (AvgIpc) is 2.65. The zero-order valence-corrected chi connectivity index (χ0v) is 16.4. The lowest BCUT2D eigenvalue weighted by atomic mass is 9.86. The van der Waals surface area contributed by atoms with Crippen LogP contribution in [0.5, 0.6) is 0 Å². The molecule has 3 nitrogen and oxygen atoms in total. The van der Waals surface area contributed by atoms with Gasteiger partial charge in [0.15, 0.2) is 0 Å². The van der Waals surface area contributed by atoms with Crippen LogP contribution in [0.25, 0.3) is 0 Å². The first-order valence-corrected chi connectivity index (χ1v) is 10.6. The number of aliphatic hydroxyl groups is 1. The van der Waals surface area contributed by atoms with E-state index in [4.69, 9.17) is 4.74 Å². The molecule has 1 fully saturated rings. The van der Waals surface area contributed by atoms with E-state index in [-0.39, 0.29) is 24.1 Å². The van der Waals surface area contributed by atoms with Gasteiger partial charge in [0.1, 0.15) is 6.10 Å². The highest BCUT2D eigenvalue weighted by Crippen LogP contribution is 2.30. The molecule has 1 N–H and O–H groups in total. The standard InChI is InChI=1S/C23H36O3/c1-2-3-4-5-6-7-8-9-13-16-20(24)18-22-21(23(25)26-22)17-19-14-11-10-12-15-19/h10-12,14-15,20-22,24H,2-9,13,16-18H2,1H3. The smallest absolute Gasteiger partial charge is 0.313 e. The first kappa shape index (κ1) is 21.0. The van der Waals surface area contributed by atoms with Gasteiger partial charge in [-0.25, -0.2) is 0 Å². The van der Waals surface area contributed by atoms with Crippen molar-refractivity contribution in [3.05, 3.63) is 35.9 Å². The summed E-state index contributed by atoms with van der Waals surface area (Å²) in [5.41, 5.74) is 1.16. The normalized spacial score (nSPS) is 20.5. The second-order valence-corrected chi connectivity index (χ2v) is 7.78. The molecular formula is C23H36O3. The highest BCUT2D eigenvalue weighted by Gasteiger charge is 2.42. The number of unbranched alkanes of at least 4 members (excludes halogenated alkanes) is 8. The topological polar surface area (TPSA) is 46.5 Å². The van der Waals surface area contributed by atoms with Gasteiger partial charge in [-0.05, 0) is 18.4 Å². The van der Waals surface area contributed by atoms with Crippen LogP contribution in [0.3, 0.4) is 0 Å². The number of esters is 1. The number of carbonyl (C=O) groups excluding carboxylic acids is 1. The third-order valence-electron chi connectivity index (χ3n) is 5.46. The Balaban J connectivity index is 1.53. The largest absolute Gasteiger partial charge is 0.461 e. The van der Waals surface area contributed by atoms with Gasteiger partial charge in [-0.2, -0.15) is 0 Å². The Labute approximate surface area is 159 Å². The Bertz CT molecular complexity index is 499. The van der Waals surface area contributed by atoms with Gasteiger partial charge >= 0.3 is 5.97 Å². The predicted molar refractivity (Wildman–Crippen MR) is 106 cm³/mol. The third-order valence-corrected chi connectivity index (χ3v) is 5.46. The molecule has 0 amide bonds. The Morgan fingerprint density at radius 3 is 2.19 bits per heavy atom. The molecule has 3 unspecified atom stereocenters. The zero-order valence-electron chi connectivity index (χ0n) is 16.4. The van der Waals surface area contributed by atoms with Crippen molar-refractivity contribution in [2.24, 2.45) is 5.92 Å². The molecule has 0 spiro atoms. The lowest BCUT2D eigenvalue weighted by molar-refractivity contribution is -0.187. The number of benzene rings is 1. The second kappa shape index (κ2) is 12.1. The van der Waals surface area contributed by atoms with Crippen LogP contribution in [0.4, 0.5) is 0 Å². The zero-order chi connectivity index (χ0) is 18.6. The van der Waals surface area contributed by atoms with Crippen molar-refractivity contribution < 1.29 is 14.6 Å². The van der Waals surface area contributed by atoms with E-state index in [9.17, 15) is 9.90 Å². The highest BCUT2D eigenvalue weighted by molar-refractivity contribution is 5.78. The number of rotatable bonds is 14. The maximum absolute atomic E-state index is 11.7. The molecule has 0 bridgehead atoms. The maximum atomic E-state index is 11.7. The summed E-state index contributed by atoms with van der Waals surface area (Å²) in [6.07, 6.45) is 13.3. The minimum atomic E-state index is -0.351. The summed E-state index contributed by atoms with van der Waals surface area (Å²) in [6.45, 7) is 2.25. The molecule has 1 aliphatic rings. The minimum Gasteiger partial charge on any atom is -0.461 e. The molecule has 0 aliphatic carbocycles. The van der Waals surface area contributed by atoms with E-state index >= 15 is 0 Å². The van der Waals surface area contributed by atoms with Gasteiger partial charge < -0.3 is 9.84 Å². The molecule has 0 saturated carbocycles. The van der Waals surface area contributed by atoms with Crippen LogP contribution in [0, 0.1) is 5.92 Å². The lowest BCUT2D eigenvalue weighted by Crippen LogP contribution is -2.47. The van der Waals surface area contributed by atoms with Crippen LogP contribution in [0.2, 0.25) is 0 Å². The molecule has 0 radical (unpaired) electrons. The van der Waals surface area contributed by atoms with Gasteiger partial charge in [0.05, 0.1) is 12.0 Å². The van der Waals surface area contributed by atoms with E-state index in [1.807, 2.05) is 30.3 Å². The van der Waals surface area contributed by atoms with E-state index in [0.717, 1.165) is 24.8 Å². The summed E-state index contributed by atoms with van der Waals surface area (Å²) in [5.74, 6) is -0.204. The molecule has 0 aromatic heterocycles. The minimum absolute atomic E-state index is 0.0878. The molecule has 3 atom stereocenters. The second-order valence-electron chi connectivity index (χ2n) is 7.78. The van der Waals surface area contributed by atoms with E-state index in [2.05, 4.69) is 6.92 Å². The molecule has 146 valence electrons. The Morgan fingerprint density at radius 2 is 1.58 bits per heavy atom. The summed E-state index contributed by atoms with van der Waals surface area (Å²) in [4.78, 5) is 11.7. The van der Waals surface area contributed by atoms with Gasteiger partial charge in [-0.3, -0.25) is 4.79 Å². The summed E-state index contributed by atoms with van der Waals surface area (Å²) >= 11 is 0. The van der Waals surface area contributed by atoms with Crippen molar-refractivity contribution in [2.75, 3.05) is 0 Å². The van der Waals surface area contributed by atoms with Crippen molar-refractivity contribution in [3.8, 4) is 0 Å². The number of carbonyl (C=O) groups is 1. The number of cyclic esters (lactones) is 1.